The van der Waals surface area contributed by atoms with Crippen molar-refractivity contribution in [3.8, 4) is 11.3 Å². The Bertz CT molecular complexity index is 889. The number of hydrogen-bond acceptors (Lipinski definition) is 3. The van der Waals surface area contributed by atoms with E-state index in [2.05, 4.69) is 17.4 Å². The lowest BCUT2D eigenvalue weighted by Gasteiger charge is -2.17. The lowest BCUT2D eigenvalue weighted by molar-refractivity contribution is -0.123. The van der Waals surface area contributed by atoms with Gasteiger partial charge in [0.05, 0.1) is 18.3 Å². The van der Waals surface area contributed by atoms with Gasteiger partial charge >= 0.3 is 0 Å². The molecule has 1 heterocycles. The Morgan fingerprint density at radius 1 is 1.11 bits per heavy atom. The number of hydrogen-bond donors (Lipinski definition) is 2. The predicted octanol–water partition coefficient (Wildman–Crippen LogP) is 3.59. The minimum absolute atomic E-state index is 0.121. The van der Waals surface area contributed by atoms with Crippen LogP contribution >= 0.6 is 0 Å². The van der Waals surface area contributed by atoms with Gasteiger partial charge in [-0.2, -0.15) is 5.10 Å². The van der Waals surface area contributed by atoms with E-state index in [9.17, 15) is 4.79 Å². The molecule has 0 fully saturated rings. The number of amides is 1. The SMILES string of the molecule is CCC(C)C(N)C(=O)NCc1cn(Cc2ccccc2)nc1-c1ccccc1. The molecule has 5 heteroatoms. The lowest BCUT2D eigenvalue weighted by Crippen LogP contribution is -2.44. The molecule has 5 nitrogen and oxygen atoms in total. The number of carbonyl (C=O) groups excluding carboxylic acids is 1. The van der Waals surface area contributed by atoms with Crippen LogP contribution in [0.25, 0.3) is 11.3 Å². The van der Waals surface area contributed by atoms with Gasteiger partial charge in [0.15, 0.2) is 0 Å². The van der Waals surface area contributed by atoms with Crippen LogP contribution < -0.4 is 11.1 Å². The minimum atomic E-state index is -0.496. The largest absolute Gasteiger partial charge is 0.351 e. The standard InChI is InChI=1S/C23H28N4O/c1-3-17(2)21(24)23(28)25-14-20-16-27(15-18-10-6-4-7-11-18)26-22(20)19-12-8-5-9-13-19/h4-13,16-17,21H,3,14-15,24H2,1-2H3,(H,25,28). The molecule has 3 N–H and O–H groups in total. The molecule has 2 atom stereocenters. The number of nitrogens with one attached hydrogen (secondary N) is 1. The Kier molecular flexibility index (Phi) is 6.61. The van der Waals surface area contributed by atoms with Crippen LogP contribution in [0.5, 0.6) is 0 Å². The second kappa shape index (κ2) is 9.33. The number of nitrogens with two attached hydrogens (primary N) is 1. The van der Waals surface area contributed by atoms with Crippen molar-refractivity contribution in [3.63, 3.8) is 0 Å². The maximum atomic E-state index is 12.4. The zero-order valence-corrected chi connectivity index (χ0v) is 16.5. The molecule has 0 bridgehead atoms. The number of aromatic nitrogens is 2. The predicted molar refractivity (Wildman–Crippen MR) is 112 cm³/mol. The van der Waals surface area contributed by atoms with Crippen molar-refractivity contribution in [1.82, 2.24) is 15.1 Å². The Morgan fingerprint density at radius 2 is 1.75 bits per heavy atom. The van der Waals surface area contributed by atoms with Gasteiger partial charge in [-0.15, -0.1) is 0 Å². The van der Waals surface area contributed by atoms with Crippen molar-refractivity contribution >= 4 is 5.91 Å². The van der Waals surface area contributed by atoms with Gasteiger partial charge in [0.25, 0.3) is 0 Å². The van der Waals surface area contributed by atoms with E-state index in [0.29, 0.717) is 13.1 Å². The van der Waals surface area contributed by atoms with Gasteiger partial charge in [0.1, 0.15) is 0 Å². The van der Waals surface area contributed by atoms with Gasteiger partial charge < -0.3 is 11.1 Å². The molecule has 0 aliphatic carbocycles. The van der Waals surface area contributed by atoms with E-state index in [1.165, 1.54) is 5.56 Å². The van der Waals surface area contributed by atoms with Gasteiger partial charge in [0.2, 0.25) is 5.91 Å². The first kappa shape index (κ1) is 19.8. The summed E-state index contributed by atoms with van der Waals surface area (Å²) in [4.78, 5) is 12.4. The molecule has 146 valence electrons. The van der Waals surface area contributed by atoms with Crippen LogP contribution in [0.1, 0.15) is 31.4 Å². The van der Waals surface area contributed by atoms with Crippen LogP contribution in [0.15, 0.2) is 66.9 Å². The van der Waals surface area contributed by atoms with Crippen molar-refractivity contribution in [1.29, 1.82) is 0 Å². The summed E-state index contributed by atoms with van der Waals surface area (Å²) in [6.07, 6.45) is 2.88. The molecule has 0 aliphatic heterocycles. The summed E-state index contributed by atoms with van der Waals surface area (Å²) in [7, 11) is 0. The summed E-state index contributed by atoms with van der Waals surface area (Å²) in [5.41, 5.74) is 10.1. The molecule has 3 rings (SSSR count). The average molecular weight is 377 g/mol. The first-order chi connectivity index (χ1) is 13.6. The fourth-order valence-corrected chi connectivity index (χ4v) is 3.10. The van der Waals surface area contributed by atoms with Crippen LogP contribution in [0.4, 0.5) is 0 Å². The summed E-state index contributed by atoms with van der Waals surface area (Å²) in [6, 6.07) is 19.7. The molecule has 1 amide bonds. The molecule has 2 unspecified atom stereocenters. The van der Waals surface area contributed by atoms with Crippen molar-refractivity contribution in [2.45, 2.75) is 39.4 Å². The second-order valence-electron chi connectivity index (χ2n) is 7.18. The van der Waals surface area contributed by atoms with Crippen LogP contribution in [-0.4, -0.2) is 21.7 Å². The third-order valence-electron chi connectivity index (χ3n) is 5.08. The highest BCUT2D eigenvalue weighted by Crippen LogP contribution is 2.22. The molecular formula is C23H28N4O. The lowest BCUT2D eigenvalue weighted by atomic mass is 9.99. The van der Waals surface area contributed by atoms with E-state index >= 15 is 0 Å². The van der Waals surface area contributed by atoms with Gasteiger partial charge in [-0.25, -0.2) is 0 Å². The van der Waals surface area contributed by atoms with Crippen LogP contribution in [0.2, 0.25) is 0 Å². The topological polar surface area (TPSA) is 72.9 Å². The van der Waals surface area contributed by atoms with Crippen molar-refractivity contribution < 1.29 is 4.79 Å². The van der Waals surface area contributed by atoms with Crippen molar-refractivity contribution in [2.75, 3.05) is 0 Å². The van der Waals surface area contributed by atoms with Crippen LogP contribution in [0, 0.1) is 5.92 Å². The number of rotatable bonds is 8. The summed E-state index contributed by atoms with van der Waals surface area (Å²) >= 11 is 0. The van der Waals surface area contributed by atoms with E-state index in [1.54, 1.807) is 0 Å². The number of nitrogens with zero attached hydrogens (tertiary/aromatic N) is 2. The zero-order chi connectivity index (χ0) is 19.9. The Hall–Kier alpha value is -2.92. The highest BCUT2D eigenvalue weighted by Gasteiger charge is 2.20. The van der Waals surface area contributed by atoms with Gasteiger partial charge in [-0.1, -0.05) is 80.9 Å². The molecular weight excluding hydrogens is 348 g/mol. The quantitative estimate of drug-likeness (QED) is 0.631. The fraction of sp³-hybridized carbons (Fsp3) is 0.304. The van der Waals surface area contributed by atoms with Crippen LogP contribution in [0.3, 0.4) is 0 Å². The maximum absolute atomic E-state index is 12.4. The van der Waals surface area contributed by atoms with E-state index in [4.69, 9.17) is 10.8 Å². The third-order valence-corrected chi connectivity index (χ3v) is 5.08. The zero-order valence-electron chi connectivity index (χ0n) is 16.5. The summed E-state index contributed by atoms with van der Waals surface area (Å²) < 4.78 is 1.92. The van der Waals surface area contributed by atoms with Gasteiger partial charge in [0, 0.05) is 23.9 Å². The molecule has 28 heavy (non-hydrogen) atoms. The van der Waals surface area contributed by atoms with E-state index < -0.39 is 6.04 Å². The summed E-state index contributed by atoms with van der Waals surface area (Å²) in [6.45, 7) is 5.12. The highest BCUT2D eigenvalue weighted by molar-refractivity contribution is 5.82. The van der Waals surface area contributed by atoms with E-state index in [0.717, 1.165) is 23.2 Å². The molecule has 2 aromatic carbocycles. The molecule has 0 saturated carbocycles. The molecule has 3 aromatic rings. The molecule has 0 saturated heterocycles. The summed E-state index contributed by atoms with van der Waals surface area (Å²) in [5.74, 6) is 0.0265. The average Bonchev–Trinajstić information content (AvgIpc) is 3.14. The molecule has 1 aromatic heterocycles. The maximum Gasteiger partial charge on any atom is 0.237 e. The van der Waals surface area contributed by atoms with Crippen molar-refractivity contribution in [3.05, 3.63) is 78.0 Å². The Balaban J connectivity index is 1.81. The smallest absolute Gasteiger partial charge is 0.237 e. The normalized spacial score (nSPS) is 13.1. The molecule has 0 aliphatic rings. The monoisotopic (exact) mass is 376 g/mol. The van der Waals surface area contributed by atoms with Crippen LogP contribution in [-0.2, 0) is 17.9 Å². The van der Waals surface area contributed by atoms with Crippen molar-refractivity contribution in [2.24, 2.45) is 11.7 Å². The second-order valence-corrected chi connectivity index (χ2v) is 7.18. The summed E-state index contributed by atoms with van der Waals surface area (Å²) in [5, 5.41) is 7.77. The minimum Gasteiger partial charge on any atom is -0.351 e. The third kappa shape index (κ3) is 4.87. The first-order valence-electron chi connectivity index (χ1n) is 9.77. The number of benzene rings is 2. The number of carbonyl (C=O) groups is 1. The van der Waals surface area contributed by atoms with E-state index in [-0.39, 0.29) is 11.8 Å². The van der Waals surface area contributed by atoms with Gasteiger partial charge in [-0.05, 0) is 11.5 Å². The van der Waals surface area contributed by atoms with E-state index in [1.807, 2.05) is 73.3 Å². The fourth-order valence-electron chi connectivity index (χ4n) is 3.10. The molecule has 0 spiro atoms. The highest BCUT2D eigenvalue weighted by atomic mass is 16.2. The molecule has 0 radical (unpaired) electrons. The Morgan fingerprint density at radius 3 is 2.39 bits per heavy atom. The van der Waals surface area contributed by atoms with Gasteiger partial charge in [-0.3, -0.25) is 9.48 Å². The Labute approximate surface area is 166 Å². The first-order valence-corrected chi connectivity index (χ1v) is 9.77.